The van der Waals surface area contributed by atoms with Crippen LogP contribution in [0.2, 0.25) is 0 Å². The van der Waals surface area contributed by atoms with Gasteiger partial charge in [0.05, 0.1) is 23.4 Å². The van der Waals surface area contributed by atoms with E-state index in [-0.39, 0.29) is 11.4 Å². The van der Waals surface area contributed by atoms with Crippen LogP contribution in [-0.4, -0.2) is 22.7 Å². The molecule has 3 rings (SSSR count). The number of benzene rings is 2. The molecule has 0 saturated carbocycles. The number of nitro benzene ring substituents is 1. The Morgan fingerprint density at radius 1 is 1.29 bits per heavy atom. The Morgan fingerprint density at radius 3 is 2.79 bits per heavy atom. The van der Waals surface area contributed by atoms with Crippen LogP contribution in [0.25, 0.3) is 11.3 Å². The van der Waals surface area contributed by atoms with E-state index < -0.39 is 4.92 Å². The monoisotopic (exact) mass is 396 g/mol. The minimum atomic E-state index is -0.454. The van der Waals surface area contributed by atoms with E-state index in [4.69, 9.17) is 4.74 Å². The van der Waals surface area contributed by atoms with E-state index in [0.717, 1.165) is 17.7 Å². The van der Waals surface area contributed by atoms with Crippen molar-refractivity contribution in [3.63, 3.8) is 0 Å². The number of hydrogen-bond donors (Lipinski definition) is 1. The average molecular weight is 396 g/mol. The molecule has 0 aliphatic heterocycles. The number of nitrogens with one attached hydrogen (secondary N) is 1. The molecule has 0 atom stereocenters. The highest BCUT2D eigenvalue weighted by atomic mass is 32.1. The molecule has 1 aromatic heterocycles. The minimum Gasteiger partial charge on any atom is -0.487 e. The zero-order valence-electron chi connectivity index (χ0n) is 15.6. The van der Waals surface area contributed by atoms with E-state index in [2.05, 4.69) is 15.5 Å². The van der Waals surface area contributed by atoms with Gasteiger partial charge < -0.3 is 4.74 Å². The third kappa shape index (κ3) is 4.92. The normalized spacial score (nSPS) is 10.9. The van der Waals surface area contributed by atoms with Crippen molar-refractivity contribution in [2.75, 3.05) is 12.0 Å². The zero-order chi connectivity index (χ0) is 19.9. The number of nitro groups is 1. The van der Waals surface area contributed by atoms with E-state index in [1.54, 1.807) is 12.1 Å². The lowest BCUT2D eigenvalue weighted by Crippen LogP contribution is -2.00. The Balaban J connectivity index is 1.68. The average Bonchev–Trinajstić information content (AvgIpc) is 3.16. The van der Waals surface area contributed by atoms with Crippen LogP contribution in [0.3, 0.4) is 0 Å². The molecule has 3 aromatic rings. The van der Waals surface area contributed by atoms with Crippen LogP contribution in [0, 0.1) is 17.0 Å². The predicted octanol–water partition coefficient (Wildman–Crippen LogP) is 5.26. The molecule has 0 aliphatic carbocycles. The number of hydrazone groups is 1. The maximum absolute atomic E-state index is 11.2. The first-order valence-corrected chi connectivity index (χ1v) is 9.67. The number of rotatable bonds is 8. The number of aromatic nitrogens is 1. The summed E-state index contributed by atoms with van der Waals surface area (Å²) < 4.78 is 5.42. The lowest BCUT2D eigenvalue weighted by atomic mass is 10.1. The molecule has 0 spiro atoms. The van der Waals surface area contributed by atoms with E-state index in [9.17, 15) is 10.1 Å². The SMILES string of the molecule is CCCOc1ccc(/C=N\Nc2nc(-c3ccc(C)cc3)cs2)cc1[N+](=O)[O-]. The number of aryl methyl sites for hydroxylation is 1. The van der Waals surface area contributed by atoms with Crippen molar-refractivity contribution in [2.45, 2.75) is 20.3 Å². The molecule has 1 heterocycles. The highest BCUT2D eigenvalue weighted by Gasteiger charge is 2.15. The quantitative estimate of drug-likeness (QED) is 0.319. The van der Waals surface area contributed by atoms with Crippen LogP contribution in [0.15, 0.2) is 52.9 Å². The van der Waals surface area contributed by atoms with Crippen LogP contribution >= 0.6 is 11.3 Å². The molecule has 2 aromatic carbocycles. The second-order valence-corrected chi connectivity index (χ2v) is 6.96. The second-order valence-electron chi connectivity index (χ2n) is 6.11. The molecule has 8 heteroatoms. The van der Waals surface area contributed by atoms with Crippen molar-refractivity contribution >= 4 is 28.4 Å². The number of hydrogen-bond acceptors (Lipinski definition) is 7. The molecular weight excluding hydrogens is 376 g/mol. The third-order valence-corrected chi connectivity index (χ3v) is 4.61. The standard InChI is InChI=1S/C20H20N4O3S/c1-3-10-27-19-9-6-15(11-18(19)24(25)26)12-21-23-20-22-17(13-28-20)16-7-4-14(2)5-8-16/h4-9,11-13H,3,10H2,1-2H3,(H,22,23)/b21-12-. The smallest absolute Gasteiger partial charge is 0.311 e. The van der Waals surface area contributed by atoms with Crippen molar-refractivity contribution in [1.29, 1.82) is 0 Å². The van der Waals surface area contributed by atoms with Gasteiger partial charge in [-0.15, -0.1) is 11.3 Å². The molecule has 28 heavy (non-hydrogen) atoms. The topological polar surface area (TPSA) is 89.7 Å². The maximum Gasteiger partial charge on any atom is 0.311 e. The van der Waals surface area contributed by atoms with Crippen LogP contribution in [-0.2, 0) is 0 Å². The minimum absolute atomic E-state index is 0.0756. The number of anilines is 1. The Hall–Kier alpha value is -3.26. The van der Waals surface area contributed by atoms with Gasteiger partial charge >= 0.3 is 5.69 Å². The first-order chi connectivity index (χ1) is 13.6. The van der Waals surface area contributed by atoms with Crippen molar-refractivity contribution in [3.05, 3.63) is 69.1 Å². The number of nitrogens with zero attached hydrogens (tertiary/aromatic N) is 3. The van der Waals surface area contributed by atoms with Gasteiger partial charge in [0.15, 0.2) is 5.75 Å². The second kappa shape index (κ2) is 9.09. The van der Waals surface area contributed by atoms with E-state index in [0.29, 0.717) is 17.3 Å². The summed E-state index contributed by atoms with van der Waals surface area (Å²) in [6.45, 7) is 4.42. The summed E-state index contributed by atoms with van der Waals surface area (Å²) in [4.78, 5) is 15.3. The molecule has 0 aliphatic rings. The first kappa shape index (κ1) is 19.5. The summed E-state index contributed by atoms with van der Waals surface area (Å²) in [7, 11) is 0. The fraction of sp³-hybridized carbons (Fsp3) is 0.200. The first-order valence-electron chi connectivity index (χ1n) is 8.79. The van der Waals surface area contributed by atoms with Gasteiger partial charge in [-0.3, -0.25) is 15.5 Å². The molecule has 0 unspecified atom stereocenters. The van der Waals surface area contributed by atoms with Crippen molar-refractivity contribution in [2.24, 2.45) is 5.10 Å². The van der Waals surface area contributed by atoms with Gasteiger partial charge in [0.25, 0.3) is 0 Å². The van der Waals surface area contributed by atoms with Crippen LogP contribution in [0.5, 0.6) is 5.75 Å². The molecule has 0 fully saturated rings. The highest BCUT2D eigenvalue weighted by molar-refractivity contribution is 7.14. The van der Waals surface area contributed by atoms with Crippen LogP contribution < -0.4 is 10.2 Å². The van der Waals surface area contributed by atoms with E-state index >= 15 is 0 Å². The highest BCUT2D eigenvalue weighted by Crippen LogP contribution is 2.28. The maximum atomic E-state index is 11.2. The lowest BCUT2D eigenvalue weighted by molar-refractivity contribution is -0.385. The van der Waals surface area contributed by atoms with Gasteiger partial charge in [-0.25, -0.2) is 4.98 Å². The summed E-state index contributed by atoms with van der Waals surface area (Å²) in [6.07, 6.45) is 2.30. The number of ether oxygens (including phenoxy) is 1. The van der Waals surface area contributed by atoms with Gasteiger partial charge in [0.2, 0.25) is 5.13 Å². The Kier molecular flexibility index (Phi) is 6.33. The van der Waals surface area contributed by atoms with Crippen LogP contribution in [0.4, 0.5) is 10.8 Å². The van der Waals surface area contributed by atoms with Crippen molar-refractivity contribution in [3.8, 4) is 17.0 Å². The summed E-state index contributed by atoms with van der Waals surface area (Å²) in [5, 5.41) is 18.0. The van der Waals surface area contributed by atoms with Crippen molar-refractivity contribution < 1.29 is 9.66 Å². The lowest BCUT2D eigenvalue weighted by Gasteiger charge is -2.05. The Morgan fingerprint density at radius 2 is 2.07 bits per heavy atom. The van der Waals surface area contributed by atoms with Gasteiger partial charge in [-0.2, -0.15) is 5.10 Å². The third-order valence-electron chi connectivity index (χ3n) is 3.87. The van der Waals surface area contributed by atoms with Crippen LogP contribution in [0.1, 0.15) is 24.5 Å². The van der Waals surface area contributed by atoms with E-state index in [1.165, 1.54) is 29.2 Å². The van der Waals surface area contributed by atoms with Gasteiger partial charge in [0, 0.05) is 22.6 Å². The summed E-state index contributed by atoms with van der Waals surface area (Å²) >= 11 is 1.44. The van der Waals surface area contributed by atoms with Gasteiger partial charge in [-0.05, 0) is 25.5 Å². The molecule has 0 bridgehead atoms. The molecule has 1 N–H and O–H groups in total. The van der Waals surface area contributed by atoms with Gasteiger partial charge in [0.1, 0.15) is 0 Å². The summed E-state index contributed by atoms with van der Waals surface area (Å²) in [5.41, 5.74) is 6.49. The van der Waals surface area contributed by atoms with Gasteiger partial charge in [-0.1, -0.05) is 36.8 Å². The predicted molar refractivity (Wildman–Crippen MR) is 112 cm³/mol. The largest absolute Gasteiger partial charge is 0.487 e. The molecule has 0 radical (unpaired) electrons. The fourth-order valence-electron chi connectivity index (χ4n) is 2.44. The fourth-order valence-corrected chi connectivity index (χ4v) is 3.10. The zero-order valence-corrected chi connectivity index (χ0v) is 16.4. The Bertz CT molecular complexity index is 983. The molecule has 144 valence electrons. The summed E-state index contributed by atoms with van der Waals surface area (Å²) in [5.74, 6) is 0.264. The Labute approximate surface area is 166 Å². The molecule has 7 nitrogen and oxygen atoms in total. The molecule has 0 amide bonds. The number of thiazole rings is 1. The van der Waals surface area contributed by atoms with Crippen molar-refractivity contribution in [1.82, 2.24) is 4.98 Å². The summed E-state index contributed by atoms with van der Waals surface area (Å²) in [6, 6.07) is 12.9. The molecular formula is C20H20N4O3S. The molecule has 0 saturated heterocycles. The van der Waals surface area contributed by atoms with E-state index in [1.807, 2.05) is 43.5 Å².